The van der Waals surface area contributed by atoms with Gasteiger partial charge in [0.2, 0.25) is 0 Å². The summed E-state index contributed by atoms with van der Waals surface area (Å²) in [4.78, 5) is 5.36. The Labute approximate surface area is 113 Å². The van der Waals surface area contributed by atoms with Crippen molar-refractivity contribution in [2.24, 2.45) is 5.92 Å². The highest BCUT2D eigenvalue weighted by Crippen LogP contribution is 2.20. The summed E-state index contributed by atoms with van der Waals surface area (Å²) in [7, 11) is 0. The molecule has 0 aromatic heterocycles. The Morgan fingerprint density at radius 1 is 1.06 bits per heavy atom. The molecule has 3 nitrogen and oxygen atoms in total. The Bertz CT molecular complexity index is 218. The van der Waals surface area contributed by atoms with E-state index in [-0.39, 0.29) is 0 Å². The molecular weight excluding hydrogens is 222 g/mol. The number of hydrogen-bond donors (Lipinski definition) is 1. The topological polar surface area (TPSA) is 18.5 Å². The molecule has 0 unspecified atom stereocenters. The van der Waals surface area contributed by atoms with Gasteiger partial charge >= 0.3 is 0 Å². The first-order valence-corrected chi connectivity index (χ1v) is 8.00. The van der Waals surface area contributed by atoms with Crippen LogP contribution in [0.1, 0.15) is 39.5 Å². The zero-order chi connectivity index (χ0) is 12.8. The average Bonchev–Trinajstić information content (AvgIpc) is 2.46. The molecule has 3 heteroatoms. The summed E-state index contributed by atoms with van der Waals surface area (Å²) in [6.07, 6.45) is 5.52. The third kappa shape index (κ3) is 3.94. The number of piperidine rings is 2. The maximum atomic E-state index is 3.47. The van der Waals surface area contributed by atoms with Crippen LogP contribution in [0.4, 0.5) is 0 Å². The monoisotopic (exact) mass is 253 g/mol. The van der Waals surface area contributed by atoms with Gasteiger partial charge in [0.15, 0.2) is 0 Å². The van der Waals surface area contributed by atoms with Crippen LogP contribution in [-0.4, -0.2) is 61.7 Å². The van der Waals surface area contributed by atoms with Gasteiger partial charge in [-0.3, -0.25) is 0 Å². The van der Waals surface area contributed by atoms with Gasteiger partial charge in [0.1, 0.15) is 0 Å². The van der Waals surface area contributed by atoms with E-state index in [2.05, 4.69) is 29.0 Å². The lowest BCUT2D eigenvalue weighted by atomic mass is 9.95. The molecule has 0 atom stereocenters. The third-order valence-corrected chi connectivity index (χ3v) is 4.88. The van der Waals surface area contributed by atoms with Crippen LogP contribution in [0.3, 0.4) is 0 Å². The van der Waals surface area contributed by atoms with Crippen molar-refractivity contribution in [1.82, 2.24) is 15.1 Å². The summed E-state index contributed by atoms with van der Waals surface area (Å²) in [6, 6.07) is 0.854. The quantitative estimate of drug-likeness (QED) is 0.806. The van der Waals surface area contributed by atoms with Crippen LogP contribution in [0.15, 0.2) is 0 Å². The zero-order valence-corrected chi connectivity index (χ0v) is 12.3. The van der Waals surface area contributed by atoms with Gasteiger partial charge in [-0.05, 0) is 70.9 Å². The van der Waals surface area contributed by atoms with Crippen LogP contribution in [-0.2, 0) is 0 Å². The van der Waals surface area contributed by atoms with Crippen LogP contribution in [0, 0.1) is 5.92 Å². The van der Waals surface area contributed by atoms with Gasteiger partial charge in [-0.1, -0.05) is 13.8 Å². The first kappa shape index (κ1) is 14.3. The summed E-state index contributed by atoms with van der Waals surface area (Å²) in [5, 5.41) is 3.47. The van der Waals surface area contributed by atoms with E-state index in [0.29, 0.717) is 0 Å². The van der Waals surface area contributed by atoms with Gasteiger partial charge in [-0.15, -0.1) is 0 Å². The maximum absolute atomic E-state index is 3.47. The first-order valence-electron chi connectivity index (χ1n) is 8.00. The molecule has 0 spiro atoms. The van der Waals surface area contributed by atoms with Crippen molar-refractivity contribution in [2.45, 2.75) is 45.6 Å². The molecule has 0 aliphatic carbocycles. The van der Waals surface area contributed by atoms with Gasteiger partial charge in [-0.2, -0.15) is 0 Å². The summed E-state index contributed by atoms with van der Waals surface area (Å²) in [6.45, 7) is 13.5. The molecule has 0 aromatic carbocycles. The summed E-state index contributed by atoms with van der Waals surface area (Å²) >= 11 is 0. The number of nitrogens with zero attached hydrogens (tertiary/aromatic N) is 2. The minimum absolute atomic E-state index is 0.854. The normalized spacial score (nSPS) is 24.8. The highest BCUT2D eigenvalue weighted by atomic mass is 15.2. The highest BCUT2D eigenvalue weighted by Gasteiger charge is 2.25. The van der Waals surface area contributed by atoms with Crippen molar-refractivity contribution in [3.05, 3.63) is 0 Å². The number of rotatable bonds is 5. The molecule has 0 aromatic rings. The molecule has 18 heavy (non-hydrogen) atoms. The van der Waals surface area contributed by atoms with Crippen molar-refractivity contribution >= 4 is 0 Å². The van der Waals surface area contributed by atoms with Gasteiger partial charge in [0.25, 0.3) is 0 Å². The standard InChI is InChI=1S/C15H31N3/c1-3-17-11-7-15(8-12-17)18(4-2)13-14-5-9-16-10-6-14/h14-16H,3-13H2,1-2H3. The Kier molecular flexibility index (Phi) is 5.93. The molecule has 0 radical (unpaired) electrons. The second-order valence-electron chi connectivity index (χ2n) is 5.95. The molecule has 2 aliphatic rings. The van der Waals surface area contributed by atoms with Crippen molar-refractivity contribution in [1.29, 1.82) is 0 Å². The second kappa shape index (κ2) is 7.46. The summed E-state index contributed by atoms with van der Waals surface area (Å²) < 4.78 is 0. The van der Waals surface area contributed by atoms with E-state index in [0.717, 1.165) is 12.0 Å². The predicted octanol–water partition coefficient (Wildman–Crippen LogP) is 1.79. The molecule has 106 valence electrons. The van der Waals surface area contributed by atoms with E-state index in [1.165, 1.54) is 71.5 Å². The molecule has 0 bridgehead atoms. The van der Waals surface area contributed by atoms with Gasteiger partial charge in [0.05, 0.1) is 0 Å². The number of nitrogens with one attached hydrogen (secondary N) is 1. The fourth-order valence-electron chi connectivity index (χ4n) is 3.53. The molecule has 2 fully saturated rings. The average molecular weight is 253 g/mol. The van der Waals surface area contributed by atoms with E-state index in [1.54, 1.807) is 0 Å². The molecular formula is C15H31N3. The van der Waals surface area contributed by atoms with Crippen LogP contribution in [0.2, 0.25) is 0 Å². The summed E-state index contributed by atoms with van der Waals surface area (Å²) in [5.41, 5.74) is 0. The maximum Gasteiger partial charge on any atom is 0.0120 e. The van der Waals surface area contributed by atoms with Crippen molar-refractivity contribution in [3.63, 3.8) is 0 Å². The number of likely N-dealkylation sites (tertiary alicyclic amines) is 1. The largest absolute Gasteiger partial charge is 0.317 e. The minimum Gasteiger partial charge on any atom is -0.317 e. The Morgan fingerprint density at radius 3 is 2.28 bits per heavy atom. The van der Waals surface area contributed by atoms with Gasteiger partial charge in [-0.25, -0.2) is 0 Å². The first-order chi connectivity index (χ1) is 8.83. The Morgan fingerprint density at radius 2 is 1.72 bits per heavy atom. The molecule has 2 saturated heterocycles. The SMILES string of the molecule is CCN1CCC(N(CC)CC2CCNCC2)CC1. The van der Waals surface area contributed by atoms with E-state index in [4.69, 9.17) is 0 Å². The molecule has 0 amide bonds. The predicted molar refractivity (Wildman–Crippen MR) is 78.0 cm³/mol. The van der Waals surface area contributed by atoms with E-state index >= 15 is 0 Å². The lowest BCUT2D eigenvalue weighted by Gasteiger charge is -2.40. The third-order valence-electron chi connectivity index (χ3n) is 4.88. The molecule has 1 N–H and O–H groups in total. The molecule has 2 heterocycles. The lowest BCUT2D eigenvalue weighted by molar-refractivity contribution is 0.0954. The van der Waals surface area contributed by atoms with Crippen molar-refractivity contribution in [2.75, 3.05) is 45.8 Å². The smallest absolute Gasteiger partial charge is 0.0120 e. The minimum atomic E-state index is 0.854. The molecule has 2 rings (SSSR count). The summed E-state index contributed by atoms with van der Waals surface area (Å²) in [5.74, 6) is 0.940. The van der Waals surface area contributed by atoms with Crippen molar-refractivity contribution in [3.8, 4) is 0 Å². The lowest BCUT2D eigenvalue weighted by Crippen LogP contribution is -2.47. The van der Waals surface area contributed by atoms with Crippen LogP contribution in [0.5, 0.6) is 0 Å². The Hall–Kier alpha value is -0.120. The van der Waals surface area contributed by atoms with Crippen molar-refractivity contribution < 1.29 is 0 Å². The molecule has 0 saturated carbocycles. The van der Waals surface area contributed by atoms with Crippen LogP contribution in [0.25, 0.3) is 0 Å². The zero-order valence-electron chi connectivity index (χ0n) is 12.3. The Balaban J connectivity index is 1.77. The van der Waals surface area contributed by atoms with Gasteiger partial charge < -0.3 is 15.1 Å². The highest BCUT2D eigenvalue weighted by molar-refractivity contribution is 4.81. The fraction of sp³-hybridized carbons (Fsp3) is 1.00. The van der Waals surface area contributed by atoms with E-state index in [9.17, 15) is 0 Å². The van der Waals surface area contributed by atoms with E-state index < -0.39 is 0 Å². The van der Waals surface area contributed by atoms with Crippen LogP contribution < -0.4 is 5.32 Å². The fourth-order valence-corrected chi connectivity index (χ4v) is 3.53. The van der Waals surface area contributed by atoms with Gasteiger partial charge in [0, 0.05) is 12.6 Å². The van der Waals surface area contributed by atoms with Crippen LogP contribution >= 0.6 is 0 Å². The second-order valence-corrected chi connectivity index (χ2v) is 5.95. The molecule has 2 aliphatic heterocycles. The van der Waals surface area contributed by atoms with E-state index in [1.807, 2.05) is 0 Å². The number of hydrogen-bond acceptors (Lipinski definition) is 3.